The summed E-state index contributed by atoms with van der Waals surface area (Å²) >= 11 is 0. The van der Waals surface area contributed by atoms with E-state index in [0.717, 1.165) is 16.8 Å². The molecule has 3 aromatic carbocycles. The number of aliphatic hydroxyl groups is 1. The molecule has 182 valence electrons. The summed E-state index contributed by atoms with van der Waals surface area (Å²) < 4.78 is 43.2. The van der Waals surface area contributed by atoms with Crippen LogP contribution in [0.5, 0.6) is 6.01 Å². The number of benzene rings is 3. The highest BCUT2D eigenvalue weighted by molar-refractivity contribution is 5.84. The van der Waals surface area contributed by atoms with Gasteiger partial charge in [0.15, 0.2) is 5.82 Å². The molecule has 8 nitrogen and oxygen atoms in total. The van der Waals surface area contributed by atoms with Gasteiger partial charge >= 0.3 is 0 Å². The SMILES string of the molecule is OCC1CC(Oc2nc3c(F)c(-c4ccc(-c5ccc(-n6cncn6)cc5)cc4)c(F)cc3[nH]2)CO1. The van der Waals surface area contributed by atoms with E-state index in [1.54, 1.807) is 23.1 Å². The molecular formula is C26H21F2N5O3. The minimum atomic E-state index is -0.767. The Balaban J connectivity index is 1.26. The number of imidazole rings is 1. The molecule has 0 spiro atoms. The minimum absolute atomic E-state index is 0.00759. The second kappa shape index (κ2) is 9.14. The molecule has 2 aromatic heterocycles. The van der Waals surface area contributed by atoms with E-state index in [-0.39, 0.29) is 41.4 Å². The van der Waals surface area contributed by atoms with Crippen LogP contribution in [0.15, 0.2) is 67.3 Å². The summed E-state index contributed by atoms with van der Waals surface area (Å²) in [6.07, 6.45) is 2.96. The maximum Gasteiger partial charge on any atom is 0.295 e. The lowest BCUT2D eigenvalue weighted by molar-refractivity contribution is 0.0528. The number of fused-ring (bicyclic) bond motifs is 1. The van der Waals surface area contributed by atoms with Crippen LogP contribution in [0.2, 0.25) is 0 Å². The molecule has 1 aliphatic rings. The third kappa shape index (κ3) is 4.10. The van der Waals surface area contributed by atoms with E-state index in [9.17, 15) is 9.50 Å². The van der Waals surface area contributed by atoms with Crippen LogP contribution in [0.1, 0.15) is 6.42 Å². The number of aliphatic hydroxyl groups excluding tert-OH is 1. The van der Waals surface area contributed by atoms with Crippen molar-refractivity contribution >= 4 is 11.0 Å². The van der Waals surface area contributed by atoms with Gasteiger partial charge in [0, 0.05) is 12.5 Å². The lowest BCUT2D eigenvalue weighted by Crippen LogP contribution is -2.17. The Morgan fingerprint density at radius 2 is 1.78 bits per heavy atom. The van der Waals surface area contributed by atoms with Gasteiger partial charge in [0.2, 0.25) is 0 Å². The van der Waals surface area contributed by atoms with E-state index in [0.29, 0.717) is 18.6 Å². The van der Waals surface area contributed by atoms with Gasteiger partial charge in [-0.25, -0.2) is 18.4 Å². The van der Waals surface area contributed by atoms with Gasteiger partial charge in [-0.15, -0.1) is 0 Å². The summed E-state index contributed by atoms with van der Waals surface area (Å²) in [5.74, 6) is -1.47. The summed E-state index contributed by atoms with van der Waals surface area (Å²) in [4.78, 5) is 11.0. The smallest absolute Gasteiger partial charge is 0.295 e. The number of hydrogen-bond acceptors (Lipinski definition) is 6. The fraction of sp³-hybridized carbons (Fsp3) is 0.192. The molecule has 2 unspecified atom stereocenters. The quantitative estimate of drug-likeness (QED) is 0.369. The maximum absolute atomic E-state index is 15.4. The number of nitrogens with zero attached hydrogens (tertiary/aromatic N) is 4. The zero-order chi connectivity index (χ0) is 24.6. The first-order valence-electron chi connectivity index (χ1n) is 11.4. The van der Waals surface area contributed by atoms with Gasteiger partial charge in [-0.3, -0.25) is 0 Å². The van der Waals surface area contributed by atoms with Crippen LogP contribution >= 0.6 is 0 Å². The Bertz CT molecular complexity index is 1500. The van der Waals surface area contributed by atoms with Crippen molar-refractivity contribution in [1.82, 2.24) is 24.7 Å². The number of halogens is 2. The molecule has 0 amide bonds. The Morgan fingerprint density at radius 3 is 2.44 bits per heavy atom. The van der Waals surface area contributed by atoms with Crippen molar-refractivity contribution in [2.75, 3.05) is 13.2 Å². The largest absolute Gasteiger partial charge is 0.459 e. The summed E-state index contributed by atoms with van der Waals surface area (Å²) in [7, 11) is 0. The first-order chi connectivity index (χ1) is 17.6. The van der Waals surface area contributed by atoms with E-state index in [1.165, 1.54) is 12.4 Å². The third-order valence-electron chi connectivity index (χ3n) is 6.23. The predicted molar refractivity (Wildman–Crippen MR) is 128 cm³/mol. The summed E-state index contributed by atoms with van der Waals surface area (Å²) in [6.45, 7) is 0.191. The first kappa shape index (κ1) is 22.3. The number of aromatic nitrogens is 5. The molecule has 0 bridgehead atoms. The van der Waals surface area contributed by atoms with Crippen molar-refractivity contribution in [3.05, 3.63) is 78.9 Å². The number of rotatable bonds is 6. The predicted octanol–water partition coefficient (Wildman–Crippen LogP) is 4.28. The van der Waals surface area contributed by atoms with Crippen LogP contribution < -0.4 is 4.74 Å². The molecule has 10 heteroatoms. The zero-order valence-electron chi connectivity index (χ0n) is 18.9. The second-order valence-electron chi connectivity index (χ2n) is 8.56. The van der Waals surface area contributed by atoms with E-state index in [4.69, 9.17) is 9.47 Å². The summed E-state index contributed by atoms with van der Waals surface area (Å²) in [5, 5.41) is 13.3. The highest BCUT2D eigenvalue weighted by Crippen LogP contribution is 2.34. The molecule has 2 N–H and O–H groups in total. The third-order valence-corrected chi connectivity index (χ3v) is 6.23. The van der Waals surface area contributed by atoms with E-state index < -0.39 is 11.6 Å². The normalized spacial score (nSPS) is 17.6. The van der Waals surface area contributed by atoms with Gasteiger partial charge in [0.25, 0.3) is 6.01 Å². The van der Waals surface area contributed by atoms with Gasteiger partial charge < -0.3 is 19.6 Å². The van der Waals surface area contributed by atoms with E-state index in [1.807, 2.05) is 36.4 Å². The van der Waals surface area contributed by atoms with Gasteiger partial charge in [0.1, 0.15) is 30.1 Å². The average Bonchev–Trinajstić information content (AvgIpc) is 3.66. The van der Waals surface area contributed by atoms with Crippen LogP contribution in [-0.2, 0) is 4.74 Å². The molecule has 0 radical (unpaired) electrons. The molecule has 6 rings (SSSR count). The van der Waals surface area contributed by atoms with Crippen LogP contribution in [0.4, 0.5) is 8.78 Å². The minimum Gasteiger partial charge on any atom is -0.459 e. The summed E-state index contributed by atoms with van der Waals surface area (Å²) in [6, 6.07) is 16.0. The van der Waals surface area contributed by atoms with Crippen molar-refractivity contribution < 1.29 is 23.4 Å². The number of H-pyrrole nitrogens is 1. The maximum atomic E-state index is 15.4. The number of hydrogen-bond donors (Lipinski definition) is 2. The Labute approximate surface area is 204 Å². The van der Waals surface area contributed by atoms with Gasteiger partial charge in [-0.2, -0.15) is 10.1 Å². The van der Waals surface area contributed by atoms with Gasteiger partial charge in [0.05, 0.1) is 36.1 Å². The van der Waals surface area contributed by atoms with Crippen LogP contribution in [0, 0.1) is 11.6 Å². The molecule has 1 fully saturated rings. The Hall–Kier alpha value is -4.15. The van der Waals surface area contributed by atoms with E-state index in [2.05, 4.69) is 20.1 Å². The van der Waals surface area contributed by atoms with Crippen molar-refractivity contribution in [2.24, 2.45) is 0 Å². The molecule has 3 heterocycles. The van der Waals surface area contributed by atoms with Gasteiger partial charge in [-0.05, 0) is 28.8 Å². The van der Waals surface area contributed by atoms with Crippen molar-refractivity contribution in [1.29, 1.82) is 0 Å². The monoisotopic (exact) mass is 489 g/mol. The molecule has 0 aliphatic carbocycles. The fourth-order valence-corrected chi connectivity index (χ4v) is 4.40. The highest BCUT2D eigenvalue weighted by atomic mass is 19.1. The van der Waals surface area contributed by atoms with Crippen LogP contribution in [0.25, 0.3) is 39.0 Å². The number of aromatic amines is 1. The average molecular weight is 489 g/mol. The Morgan fingerprint density at radius 1 is 1.06 bits per heavy atom. The van der Waals surface area contributed by atoms with Crippen molar-refractivity contribution in [3.8, 4) is 34.0 Å². The summed E-state index contributed by atoms with van der Waals surface area (Å²) in [5.41, 5.74) is 3.17. The van der Waals surface area contributed by atoms with Crippen molar-refractivity contribution in [3.63, 3.8) is 0 Å². The lowest BCUT2D eigenvalue weighted by Gasteiger charge is -2.08. The first-order valence-corrected chi connectivity index (χ1v) is 11.4. The molecular weight excluding hydrogens is 468 g/mol. The molecule has 1 saturated heterocycles. The lowest BCUT2D eigenvalue weighted by atomic mass is 9.99. The molecule has 1 aliphatic heterocycles. The topological polar surface area (TPSA) is 98.1 Å². The van der Waals surface area contributed by atoms with Crippen LogP contribution in [0.3, 0.4) is 0 Å². The zero-order valence-corrected chi connectivity index (χ0v) is 18.9. The molecule has 0 saturated carbocycles. The fourth-order valence-electron chi connectivity index (χ4n) is 4.40. The molecule has 2 atom stereocenters. The van der Waals surface area contributed by atoms with Gasteiger partial charge in [-0.1, -0.05) is 36.4 Å². The highest BCUT2D eigenvalue weighted by Gasteiger charge is 2.28. The number of ether oxygens (including phenoxy) is 2. The molecule has 36 heavy (non-hydrogen) atoms. The standard InChI is InChI=1S/C26H21F2N5O3/c27-21-10-22-25(32-26(31-22)36-20-9-19(11-34)35-12-20)24(28)23(21)17-3-1-15(2-4-17)16-5-7-18(8-6-16)33-14-29-13-30-33/h1-8,10,13-14,19-20,34H,9,11-12H2,(H,31,32). The van der Waals surface area contributed by atoms with Crippen LogP contribution in [-0.4, -0.2) is 55.3 Å². The Kier molecular flexibility index (Phi) is 5.67. The van der Waals surface area contributed by atoms with Crippen molar-refractivity contribution in [2.45, 2.75) is 18.6 Å². The molecule has 5 aromatic rings. The number of nitrogens with one attached hydrogen (secondary N) is 1. The second-order valence-corrected chi connectivity index (χ2v) is 8.56. The van der Waals surface area contributed by atoms with E-state index >= 15 is 4.39 Å².